The molecule has 0 aliphatic heterocycles. The molecule has 1 rings (SSSR count). The van der Waals surface area contributed by atoms with Crippen LogP contribution in [0.2, 0.25) is 0 Å². The van der Waals surface area contributed by atoms with Crippen LogP contribution in [0.1, 0.15) is 18.5 Å². The highest BCUT2D eigenvalue weighted by atomic mass is 19.1. The number of rotatable bonds is 4. The molecule has 0 heterocycles. The normalized spacial score (nSPS) is 12.2. The van der Waals surface area contributed by atoms with E-state index < -0.39 is 0 Å². The fourth-order valence-corrected chi connectivity index (χ4v) is 1.27. The minimum atomic E-state index is -0.255. The van der Waals surface area contributed by atoms with Crippen molar-refractivity contribution in [2.75, 3.05) is 13.6 Å². The molecule has 0 bridgehead atoms. The average molecular weight is 210 g/mol. The van der Waals surface area contributed by atoms with Gasteiger partial charge in [-0.1, -0.05) is 18.2 Å². The summed E-state index contributed by atoms with van der Waals surface area (Å²) >= 11 is 0. The molecule has 0 radical (unpaired) electrons. The lowest BCUT2D eigenvalue weighted by Crippen LogP contribution is -2.33. The Balaban J connectivity index is 2.57. The van der Waals surface area contributed by atoms with Gasteiger partial charge < -0.3 is 10.6 Å². The van der Waals surface area contributed by atoms with Gasteiger partial charge in [0.05, 0.1) is 6.54 Å². The summed E-state index contributed by atoms with van der Waals surface area (Å²) in [5, 5.41) is 5.43. The second-order valence-electron chi connectivity index (χ2n) is 3.30. The van der Waals surface area contributed by atoms with Gasteiger partial charge in [0.1, 0.15) is 5.82 Å². The van der Waals surface area contributed by atoms with Crippen LogP contribution < -0.4 is 10.6 Å². The Hall–Kier alpha value is -1.42. The van der Waals surface area contributed by atoms with E-state index in [0.29, 0.717) is 5.56 Å². The molecule has 0 aromatic heterocycles. The summed E-state index contributed by atoms with van der Waals surface area (Å²) in [7, 11) is 1.57. The van der Waals surface area contributed by atoms with Crippen molar-refractivity contribution in [3.63, 3.8) is 0 Å². The minimum Gasteiger partial charge on any atom is -0.358 e. The molecular weight excluding hydrogens is 195 g/mol. The van der Waals surface area contributed by atoms with E-state index in [1.807, 2.05) is 6.92 Å². The zero-order valence-corrected chi connectivity index (χ0v) is 8.88. The largest absolute Gasteiger partial charge is 0.358 e. The van der Waals surface area contributed by atoms with Gasteiger partial charge in [0.15, 0.2) is 0 Å². The summed E-state index contributed by atoms with van der Waals surface area (Å²) in [6.07, 6.45) is 0. The smallest absolute Gasteiger partial charge is 0.233 e. The van der Waals surface area contributed by atoms with Crippen LogP contribution in [0.3, 0.4) is 0 Å². The Morgan fingerprint density at radius 1 is 1.47 bits per heavy atom. The number of hydrogen-bond donors (Lipinski definition) is 2. The van der Waals surface area contributed by atoms with Crippen LogP contribution in [0.15, 0.2) is 24.3 Å². The van der Waals surface area contributed by atoms with Gasteiger partial charge in [-0.25, -0.2) is 4.39 Å². The van der Waals surface area contributed by atoms with Crippen molar-refractivity contribution in [3.8, 4) is 0 Å². The predicted octanol–water partition coefficient (Wildman–Crippen LogP) is 1.22. The van der Waals surface area contributed by atoms with Crippen molar-refractivity contribution in [2.45, 2.75) is 13.0 Å². The second-order valence-corrected chi connectivity index (χ2v) is 3.30. The van der Waals surface area contributed by atoms with Crippen molar-refractivity contribution >= 4 is 5.91 Å². The quantitative estimate of drug-likeness (QED) is 0.784. The van der Waals surface area contributed by atoms with Crippen LogP contribution in [0.25, 0.3) is 0 Å². The summed E-state index contributed by atoms with van der Waals surface area (Å²) in [6, 6.07) is 6.36. The van der Waals surface area contributed by atoms with E-state index in [1.165, 1.54) is 6.07 Å². The van der Waals surface area contributed by atoms with Crippen molar-refractivity contribution in [3.05, 3.63) is 35.6 Å². The molecule has 0 fully saturated rings. The maximum atomic E-state index is 13.3. The lowest BCUT2D eigenvalue weighted by molar-refractivity contribution is -0.119. The fourth-order valence-electron chi connectivity index (χ4n) is 1.27. The van der Waals surface area contributed by atoms with Gasteiger partial charge in [0, 0.05) is 18.7 Å². The summed E-state index contributed by atoms with van der Waals surface area (Å²) in [6.45, 7) is 2.01. The van der Waals surface area contributed by atoms with Crippen LogP contribution in [0.5, 0.6) is 0 Å². The van der Waals surface area contributed by atoms with Gasteiger partial charge in [-0.15, -0.1) is 0 Å². The van der Waals surface area contributed by atoms with E-state index in [0.717, 1.165) is 0 Å². The Bertz CT molecular complexity index is 341. The third kappa shape index (κ3) is 3.32. The van der Waals surface area contributed by atoms with E-state index in [4.69, 9.17) is 0 Å². The van der Waals surface area contributed by atoms with Gasteiger partial charge in [0.25, 0.3) is 0 Å². The molecule has 1 atom stereocenters. The molecule has 3 nitrogen and oxygen atoms in total. The number of halogens is 1. The third-order valence-corrected chi connectivity index (χ3v) is 2.22. The molecular formula is C11H15FN2O. The molecule has 0 unspecified atom stereocenters. The van der Waals surface area contributed by atoms with Crippen molar-refractivity contribution < 1.29 is 9.18 Å². The molecule has 1 amide bonds. The monoisotopic (exact) mass is 210 g/mol. The van der Waals surface area contributed by atoms with E-state index in [1.54, 1.807) is 25.2 Å². The minimum absolute atomic E-state index is 0.113. The molecule has 2 N–H and O–H groups in total. The van der Waals surface area contributed by atoms with E-state index in [-0.39, 0.29) is 24.3 Å². The van der Waals surface area contributed by atoms with Crippen LogP contribution >= 0.6 is 0 Å². The topological polar surface area (TPSA) is 41.1 Å². The average Bonchev–Trinajstić information content (AvgIpc) is 2.26. The lowest BCUT2D eigenvalue weighted by Gasteiger charge is -2.14. The van der Waals surface area contributed by atoms with E-state index in [9.17, 15) is 9.18 Å². The summed E-state index contributed by atoms with van der Waals surface area (Å²) in [5.41, 5.74) is 0.571. The van der Waals surface area contributed by atoms with Crippen molar-refractivity contribution in [2.24, 2.45) is 0 Å². The molecule has 0 aliphatic carbocycles. The number of carbonyl (C=O) groups is 1. The molecule has 0 spiro atoms. The molecule has 0 saturated carbocycles. The zero-order chi connectivity index (χ0) is 11.3. The van der Waals surface area contributed by atoms with Gasteiger partial charge >= 0.3 is 0 Å². The maximum Gasteiger partial charge on any atom is 0.233 e. The number of benzene rings is 1. The lowest BCUT2D eigenvalue weighted by atomic mass is 10.1. The summed E-state index contributed by atoms with van der Waals surface area (Å²) < 4.78 is 13.3. The SMILES string of the molecule is CNC(=O)CN[C@H](C)c1ccccc1F. The van der Waals surface area contributed by atoms with Crippen molar-refractivity contribution in [1.29, 1.82) is 0 Å². The zero-order valence-electron chi connectivity index (χ0n) is 8.88. The fraction of sp³-hybridized carbons (Fsp3) is 0.364. The molecule has 0 saturated heterocycles. The first-order chi connectivity index (χ1) is 7.15. The highest BCUT2D eigenvalue weighted by Gasteiger charge is 2.10. The number of amides is 1. The molecule has 82 valence electrons. The number of hydrogen-bond acceptors (Lipinski definition) is 2. The first kappa shape index (κ1) is 11.7. The number of nitrogens with one attached hydrogen (secondary N) is 2. The van der Waals surface area contributed by atoms with Gasteiger partial charge in [-0.2, -0.15) is 0 Å². The standard InChI is InChI=1S/C11H15FN2O/c1-8(14-7-11(15)13-2)9-5-3-4-6-10(9)12/h3-6,8,14H,7H2,1-2H3,(H,13,15)/t8-/m1/s1. The molecule has 1 aromatic rings. The van der Waals surface area contributed by atoms with Crippen molar-refractivity contribution in [1.82, 2.24) is 10.6 Å². The molecule has 1 aromatic carbocycles. The Morgan fingerprint density at radius 3 is 2.73 bits per heavy atom. The molecule has 15 heavy (non-hydrogen) atoms. The predicted molar refractivity (Wildman–Crippen MR) is 56.9 cm³/mol. The summed E-state index contributed by atoms with van der Waals surface area (Å²) in [5.74, 6) is -0.368. The van der Waals surface area contributed by atoms with Crippen LogP contribution in [0, 0.1) is 5.82 Å². The maximum absolute atomic E-state index is 13.3. The molecule has 0 aliphatic rings. The highest BCUT2D eigenvalue weighted by Crippen LogP contribution is 2.15. The van der Waals surface area contributed by atoms with Gasteiger partial charge in [-0.3, -0.25) is 4.79 Å². The van der Waals surface area contributed by atoms with Crippen LogP contribution in [0.4, 0.5) is 4.39 Å². The van der Waals surface area contributed by atoms with Crippen LogP contribution in [-0.2, 0) is 4.79 Å². The highest BCUT2D eigenvalue weighted by molar-refractivity contribution is 5.77. The second kappa shape index (κ2) is 5.46. The first-order valence-corrected chi connectivity index (χ1v) is 4.83. The van der Waals surface area contributed by atoms with Gasteiger partial charge in [-0.05, 0) is 13.0 Å². The van der Waals surface area contributed by atoms with Crippen LogP contribution in [-0.4, -0.2) is 19.5 Å². The number of carbonyl (C=O) groups excluding carboxylic acids is 1. The Morgan fingerprint density at radius 2 is 2.13 bits per heavy atom. The van der Waals surface area contributed by atoms with E-state index in [2.05, 4.69) is 10.6 Å². The molecule has 4 heteroatoms. The number of likely N-dealkylation sites (N-methyl/N-ethyl adjacent to an activating group) is 1. The van der Waals surface area contributed by atoms with E-state index >= 15 is 0 Å². The van der Waals surface area contributed by atoms with Gasteiger partial charge in [0.2, 0.25) is 5.91 Å². The third-order valence-electron chi connectivity index (χ3n) is 2.22. The first-order valence-electron chi connectivity index (χ1n) is 4.83. The summed E-state index contributed by atoms with van der Waals surface area (Å²) in [4.78, 5) is 11.0. The Kier molecular flexibility index (Phi) is 4.24. The Labute approximate surface area is 88.7 Å².